The quantitative estimate of drug-likeness (QED) is 0.668. The molecule has 0 aliphatic heterocycles. The summed E-state index contributed by atoms with van der Waals surface area (Å²) in [7, 11) is 0. The standard InChI is InChI=1S/C17H14ClN5O2/c18-12-5-1-3-10(7-12)11-4-2-6-13(8-11)23-9-14(21-17(20)25)15(22-23)16(19)24/h1-9H,(H2,19,24)(H3,20,21,25). The monoisotopic (exact) mass is 355 g/mol. The Morgan fingerprint density at radius 3 is 2.36 bits per heavy atom. The molecule has 0 aliphatic carbocycles. The number of anilines is 1. The van der Waals surface area contributed by atoms with Gasteiger partial charge < -0.3 is 16.8 Å². The molecule has 0 aliphatic rings. The van der Waals surface area contributed by atoms with Crippen molar-refractivity contribution in [1.29, 1.82) is 0 Å². The second kappa shape index (κ2) is 6.66. The van der Waals surface area contributed by atoms with Crippen LogP contribution in [0.1, 0.15) is 10.5 Å². The number of urea groups is 1. The van der Waals surface area contributed by atoms with Crippen LogP contribution in [-0.4, -0.2) is 21.7 Å². The number of primary amides is 2. The Balaban J connectivity index is 2.04. The number of amides is 3. The van der Waals surface area contributed by atoms with Crippen LogP contribution in [0, 0.1) is 0 Å². The topological polar surface area (TPSA) is 116 Å². The molecule has 3 aromatic rings. The molecular formula is C17H14ClN5O2. The van der Waals surface area contributed by atoms with E-state index in [1.165, 1.54) is 10.9 Å². The first kappa shape index (κ1) is 16.5. The number of hydrogen-bond donors (Lipinski definition) is 3. The number of rotatable bonds is 4. The van der Waals surface area contributed by atoms with Gasteiger partial charge in [-0.25, -0.2) is 9.48 Å². The zero-order valence-electron chi connectivity index (χ0n) is 12.9. The van der Waals surface area contributed by atoms with E-state index in [0.29, 0.717) is 10.7 Å². The maximum absolute atomic E-state index is 11.5. The number of benzene rings is 2. The summed E-state index contributed by atoms with van der Waals surface area (Å²) in [6.07, 6.45) is 1.47. The molecular weight excluding hydrogens is 342 g/mol. The lowest BCUT2D eigenvalue weighted by Crippen LogP contribution is -2.22. The van der Waals surface area contributed by atoms with Gasteiger partial charge in [0.25, 0.3) is 5.91 Å². The van der Waals surface area contributed by atoms with Crippen molar-refractivity contribution in [2.24, 2.45) is 11.5 Å². The minimum absolute atomic E-state index is 0.0769. The minimum atomic E-state index is -0.810. The Kier molecular flexibility index (Phi) is 4.40. The number of hydrogen-bond acceptors (Lipinski definition) is 3. The molecule has 126 valence electrons. The highest BCUT2D eigenvalue weighted by Crippen LogP contribution is 2.25. The van der Waals surface area contributed by atoms with Gasteiger partial charge in [-0.05, 0) is 35.4 Å². The van der Waals surface area contributed by atoms with Crippen LogP contribution in [0.15, 0.2) is 54.7 Å². The summed E-state index contributed by atoms with van der Waals surface area (Å²) in [5.74, 6) is -0.770. The van der Waals surface area contributed by atoms with Crippen molar-refractivity contribution >= 4 is 29.2 Å². The molecule has 25 heavy (non-hydrogen) atoms. The fraction of sp³-hybridized carbons (Fsp3) is 0. The fourth-order valence-corrected chi connectivity index (χ4v) is 2.60. The van der Waals surface area contributed by atoms with Gasteiger partial charge in [-0.3, -0.25) is 4.79 Å². The van der Waals surface area contributed by atoms with Crippen LogP contribution in [0.3, 0.4) is 0 Å². The maximum Gasteiger partial charge on any atom is 0.316 e. The molecule has 0 radical (unpaired) electrons. The van der Waals surface area contributed by atoms with E-state index in [1.807, 2.05) is 36.4 Å². The first-order valence-corrected chi connectivity index (χ1v) is 7.64. The van der Waals surface area contributed by atoms with E-state index in [2.05, 4.69) is 10.4 Å². The van der Waals surface area contributed by atoms with E-state index < -0.39 is 11.9 Å². The summed E-state index contributed by atoms with van der Waals surface area (Å²) in [4.78, 5) is 22.6. The van der Waals surface area contributed by atoms with Crippen LogP contribution < -0.4 is 16.8 Å². The number of nitrogens with one attached hydrogen (secondary N) is 1. The SMILES string of the molecule is NC(=O)Nc1cn(-c2cccc(-c3cccc(Cl)c3)c2)nc1C(N)=O. The van der Waals surface area contributed by atoms with Gasteiger partial charge in [-0.1, -0.05) is 35.9 Å². The van der Waals surface area contributed by atoms with Crippen LogP contribution >= 0.6 is 11.6 Å². The van der Waals surface area contributed by atoms with Gasteiger partial charge in [0.15, 0.2) is 5.69 Å². The minimum Gasteiger partial charge on any atom is -0.364 e. The van der Waals surface area contributed by atoms with Crippen LogP contribution in [0.4, 0.5) is 10.5 Å². The van der Waals surface area contributed by atoms with Gasteiger partial charge in [-0.15, -0.1) is 0 Å². The normalized spacial score (nSPS) is 10.4. The second-order valence-electron chi connectivity index (χ2n) is 5.25. The number of nitrogens with zero attached hydrogens (tertiary/aromatic N) is 2. The fourth-order valence-electron chi connectivity index (χ4n) is 2.41. The van der Waals surface area contributed by atoms with Crippen LogP contribution in [0.5, 0.6) is 0 Å². The van der Waals surface area contributed by atoms with Gasteiger partial charge in [0, 0.05) is 5.02 Å². The molecule has 0 fully saturated rings. The molecule has 5 N–H and O–H groups in total. The average Bonchev–Trinajstić information content (AvgIpc) is 2.98. The first-order valence-electron chi connectivity index (χ1n) is 7.26. The Bertz CT molecular complexity index is 967. The third-order valence-electron chi connectivity index (χ3n) is 3.47. The average molecular weight is 356 g/mol. The summed E-state index contributed by atoms with van der Waals surface area (Å²) in [5, 5.41) is 7.10. The Morgan fingerprint density at radius 2 is 1.72 bits per heavy atom. The van der Waals surface area contributed by atoms with Gasteiger partial charge in [-0.2, -0.15) is 5.10 Å². The highest BCUT2D eigenvalue weighted by Gasteiger charge is 2.16. The molecule has 0 saturated carbocycles. The van der Waals surface area contributed by atoms with E-state index in [9.17, 15) is 9.59 Å². The Hall–Kier alpha value is -3.32. The Morgan fingerprint density at radius 1 is 1.04 bits per heavy atom. The zero-order valence-corrected chi connectivity index (χ0v) is 13.7. The van der Waals surface area contributed by atoms with E-state index >= 15 is 0 Å². The number of carbonyl (C=O) groups excluding carboxylic acids is 2. The van der Waals surface area contributed by atoms with E-state index in [4.69, 9.17) is 23.1 Å². The lowest BCUT2D eigenvalue weighted by molar-refractivity contribution is 0.0996. The van der Waals surface area contributed by atoms with E-state index in [-0.39, 0.29) is 11.4 Å². The molecule has 7 nitrogen and oxygen atoms in total. The largest absolute Gasteiger partial charge is 0.364 e. The molecule has 1 heterocycles. The predicted octanol–water partition coefficient (Wildman–Crippen LogP) is 2.78. The number of halogens is 1. The van der Waals surface area contributed by atoms with Gasteiger partial charge >= 0.3 is 6.03 Å². The summed E-state index contributed by atoms with van der Waals surface area (Å²) < 4.78 is 1.44. The van der Waals surface area contributed by atoms with Crippen molar-refractivity contribution in [1.82, 2.24) is 9.78 Å². The smallest absolute Gasteiger partial charge is 0.316 e. The number of nitrogens with two attached hydrogens (primary N) is 2. The zero-order chi connectivity index (χ0) is 18.0. The number of carbonyl (C=O) groups is 2. The summed E-state index contributed by atoms with van der Waals surface area (Å²) >= 11 is 6.04. The van der Waals surface area contributed by atoms with Crippen molar-refractivity contribution in [3.63, 3.8) is 0 Å². The molecule has 2 aromatic carbocycles. The van der Waals surface area contributed by atoms with Gasteiger partial charge in [0.2, 0.25) is 0 Å². The van der Waals surface area contributed by atoms with Gasteiger partial charge in [0.05, 0.1) is 17.6 Å². The van der Waals surface area contributed by atoms with E-state index in [1.54, 1.807) is 12.1 Å². The van der Waals surface area contributed by atoms with E-state index in [0.717, 1.165) is 11.1 Å². The second-order valence-corrected chi connectivity index (χ2v) is 5.69. The maximum atomic E-state index is 11.5. The third kappa shape index (κ3) is 3.61. The first-order chi connectivity index (χ1) is 11.9. The summed E-state index contributed by atoms with van der Waals surface area (Å²) in [6, 6.07) is 14.1. The molecule has 0 bridgehead atoms. The summed E-state index contributed by atoms with van der Waals surface area (Å²) in [5.41, 5.74) is 13.0. The molecule has 3 rings (SSSR count). The van der Waals surface area contributed by atoms with Crippen LogP contribution in [-0.2, 0) is 0 Å². The van der Waals surface area contributed by atoms with Crippen molar-refractivity contribution in [3.05, 3.63) is 65.4 Å². The van der Waals surface area contributed by atoms with Crippen molar-refractivity contribution in [2.75, 3.05) is 5.32 Å². The predicted molar refractivity (Wildman–Crippen MR) is 95.7 cm³/mol. The molecule has 0 unspecified atom stereocenters. The van der Waals surface area contributed by atoms with Crippen LogP contribution in [0.25, 0.3) is 16.8 Å². The molecule has 1 aromatic heterocycles. The Labute approximate surface area is 148 Å². The lowest BCUT2D eigenvalue weighted by atomic mass is 10.1. The molecule has 0 saturated heterocycles. The van der Waals surface area contributed by atoms with Gasteiger partial charge in [0.1, 0.15) is 0 Å². The molecule has 0 spiro atoms. The lowest BCUT2D eigenvalue weighted by Gasteiger charge is -2.06. The summed E-state index contributed by atoms with van der Waals surface area (Å²) in [6.45, 7) is 0. The third-order valence-corrected chi connectivity index (χ3v) is 3.71. The van der Waals surface area contributed by atoms with Crippen LogP contribution in [0.2, 0.25) is 5.02 Å². The highest BCUT2D eigenvalue weighted by atomic mass is 35.5. The van der Waals surface area contributed by atoms with Crippen molar-refractivity contribution in [3.8, 4) is 16.8 Å². The molecule has 3 amide bonds. The highest BCUT2D eigenvalue weighted by molar-refractivity contribution is 6.30. The van der Waals surface area contributed by atoms with Crippen molar-refractivity contribution in [2.45, 2.75) is 0 Å². The van der Waals surface area contributed by atoms with Crippen molar-refractivity contribution < 1.29 is 9.59 Å². The molecule has 0 atom stereocenters. The number of aromatic nitrogens is 2. The molecule has 8 heteroatoms.